The van der Waals surface area contributed by atoms with Crippen molar-refractivity contribution in [3.05, 3.63) is 34.9 Å². The molecule has 2 unspecified atom stereocenters. The molecular weight excluding hydrogens is 436 g/mol. The van der Waals surface area contributed by atoms with Gasteiger partial charge in [-0.05, 0) is 65.7 Å². The van der Waals surface area contributed by atoms with Crippen molar-refractivity contribution in [1.29, 1.82) is 0 Å². The molecule has 0 saturated carbocycles. The lowest BCUT2D eigenvalue weighted by atomic mass is 10.0. The summed E-state index contributed by atoms with van der Waals surface area (Å²) in [7, 11) is 0. The van der Waals surface area contributed by atoms with Crippen LogP contribution in [0.25, 0.3) is 0 Å². The van der Waals surface area contributed by atoms with Crippen molar-refractivity contribution in [3.8, 4) is 0 Å². The number of carboxylic acid groups (broad SMARTS) is 1. The fourth-order valence-corrected chi connectivity index (χ4v) is 4.12. The first-order valence-electron chi connectivity index (χ1n) is 11.7. The highest BCUT2D eigenvalue weighted by molar-refractivity contribution is 7.99. The molecule has 0 aliphatic heterocycles. The molecule has 0 aliphatic rings. The van der Waals surface area contributed by atoms with Crippen LogP contribution in [0.3, 0.4) is 0 Å². The third-order valence-electron chi connectivity index (χ3n) is 4.97. The molecule has 0 spiro atoms. The SMILES string of the molecule is CC(=O)NC(CC(C)C)C(=O)NC(CSCC=C(C)CCC=C(C)CCC=C(C)C)C(=O)O. The van der Waals surface area contributed by atoms with Gasteiger partial charge in [0.2, 0.25) is 11.8 Å². The Morgan fingerprint density at radius 3 is 1.94 bits per heavy atom. The van der Waals surface area contributed by atoms with Crippen LogP contribution in [-0.4, -0.2) is 46.5 Å². The Balaban J connectivity index is 4.55. The topological polar surface area (TPSA) is 95.5 Å². The molecule has 33 heavy (non-hydrogen) atoms. The molecule has 188 valence electrons. The van der Waals surface area contributed by atoms with Gasteiger partial charge in [0.15, 0.2) is 0 Å². The predicted octanol–water partition coefficient (Wildman–Crippen LogP) is 5.26. The van der Waals surface area contributed by atoms with Crippen molar-refractivity contribution in [2.75, 3.05) is 11.5 Å². The summed E-state index contributed by atoms with van der Waals surface area (Å²) < 4.78 is 0. The number of carbonyl (C=O) groups is 3. The van der Waals surface area contributed by atoms with Crippen molar-refractivity contribution in [2.45, 2.75) is 92.7 Å². The largest absolute Gasteiger partial charge is 0.480 e. The van der Waals surface area contributed by atoms with Gasteiger partial charge < -0.3 is 15.7 Å². The molecule has 2 atom stereocenters. The summed E-state index contributed by atoms with van der Waals surface area (Å²) in [5.74, 6) is -0.690. The third kappa shape index (κ3) is 17.2. The van der Waals surface area contributed by atoms with Gasteiger partial charge in [-0.2, -0.15) is 11.8 Å². The first-order valence-corrected chi connectivity index (χ1v) is 12.9. The van der Waals surface area contributed by atoms with Crippen molar-refractivity contribution in [1.82, 2.24) is 10.6 Å². The zero-order valence-corrected chi connectivity index (χ0v) is 22.3. The molecule has 0 aliphatic carbocycles. The van der Waals surface area contributed by atoms with E-state index in [2.05, 4.69) is 56.6 Å². The molecule has 0 bridgehead atoms. The van der Waals surface area contributed by atoms with Crippen LogP contribution in [0.2, 0.25) is 0 Å². The van der Waals surface area contributed by atoms with Gasteiger partial charge in [0.25, 0.3) is 0 Å². The van der Waals surface area contributed by atoms with E-state index in [0.717, 1.165) is 25.7 Å². The van der Waals surface area contributed by atoms with E-state index in [9.17, 15) is 19.5 Å². The van der Waals surface area contributed by atoms with E-state index < -0.39 is 24.0 Å². The predicted molar refractivity (Wildman–Crippen MR) is 139 cm³/mol. The van der Waals surface area contributed by atoms with Crippen LogP contribution in [0.4, 0.5) is 0 Å². The summed E-state index contributed by atoms with van der Waals surface area (Å²) in [6.07, 6.45) is 11.3. The van der Waals surface area contributed by atoms with Crippen molar-refractivity contribution < 1.29 is 19.5 Å². The van der Waals surface area contributed by atoms with Crippen molar-refractivity contribution in [3.63, 3.8) is 0 Å². The van der Waals surface area contributed by atoms with E-state index in [1.807, 2.05) is 13.8 Å². The standard InChI is InChI=1S/C26H44N2O4S/c1-18(2)10-8-11-20(5)12-9-13-21(6)14-15-33-17-24(26(31)32)28-25(30)23(16-19(3)4)27-22(7)29/h10,12,14,19,23-24H,8-9,11,13,15-17H2,1-7H3,(H,27,29)(H,28,30)(H,31,32). The van der Waals surface area contributed by atoms with Crippen molar-refractivity contribution >= 4 is 29.5 Å². The van der Waals surface area contributed by atoms with Gasteiger partial charge in [0.05, 0.1) is 0 Å². The first-order chi connectivity index (χ1) is 15.4. The van der Waals surface area contributed by atoms with E-state index in [1.54, 1.807) is 0 Å². The Morgan fingerprint density at radius 1 is 0.848 bits per heavy atom. The minimum Gasteiger partial charge on any atom is -0.480 e. The fourth-order valence-electron chi connectivity index (χ4n) is 3.12. The van der Waals surface area contributed by atoms with Crippen LogP contribution in [0.15, 0.2) is 34.9 Å². The van der Waals surface area contributed by atoms with Gasteiger partial charge in [0.1, 0.15) is 12.1 Å². The summed E-state index contributed by atoms with van der Waals surface area (Å²) in [5, 5.41) is 14.7. The van der Waals surface area contributed by atoms with E-state index in [1.165, 1.54) is 35.4 Å². The number of allylic oxidation sites excluding steroid dienone is 5. The minimum atomic E-state index is -1.07. The quantitative estimate of drug-likeness (QED) is 0.207. The molecule has 0 fully saturated rings. The minimum absolute atomic E-state index is 0.189. The Bertz CT molecular complexity index is 722. The highest BCUT2D eigenvalue weighted by atomic mass is 32.2. The lowest BCUT2D eigenvalue weighted by Crippen LogP contribution is -2.52. The molecule has 2 amide bonds. The summed E-state index contributed by atoms with van der Waals surface area (Å²) in [4.78, 5) is 35.5. The molecule has 0 saturated heterocycles. The molecule has 0 rings (SSSR count). The maximum atomic E-state index is 12.5. The summed E-state index contributed by atoms with van der Waals surface area (Å²) in [5.41, 5.74) is 4.03. The zero-order valence-electron chi connectivity index (χ0n) is 21.5. The molecule has 0 aromatic heterocycles. The Morgan fingerprint density at radius 2 is 1.42 bits per heavy atom. The van der Waals surface area contributed by atoms with E-state index >= 15 is 0 Å². The molecule has 3 N–H and O–H groups in total. The highest BCUT2D eigenvalue weighted by Crippen LogP contribution is 2.13. The monoisotopic (exact) mass is 480 g/mol. The normalized spacial score (nSPS) is 13.9. The molecule has 0 radical (unpaired) electrons. The number of hydrogen-bond donors (Lipinski definition) is 3. The summed E-state index contributed by atoms with van der Waals surface area (Å²) in [6, 6.07) is -1.72. The third-order valence-corrected chi connectivity index (χ3v) is 5.94. The number of carboxylic acids is 1. The number of aliphatic carboxylic acids is 1. The lowest BCUT2D eigenvalue weighted by Gasteiger charge is -2.22. The van der Waals surface area contributed by atoms with E-state index in [-0.39, 0.29) is 17.6 Å². The zero-order chi connectivity index (χ0) is 25.4. The van der Waals surface area contributed by atoms with Gasteiger partial charge >= 0.3 is 5.97 Å². The summed E-state index contributed by atoms with van der Waals surface area (Å²) in [6.45, 7) is 13.7. The smallest absolute Gasteiger partial charge is 0.327 e. The Kier molecular flexibility index (Phi) is 16.4. The van der Waals surface area contributed by atoms with Crippen LogP contribution in [-0.2, 0) is 14.4 Å². The molecule has 0 heterocycles. The number of carbonyl (C=O) groups excluding carboxylic acids is 2. The maximum Gasteiger partial charge on any atom is 0.327 e. The van der Waals surface area contributed by atoms with Crippen LogP contribution < -0.4 is 10.6 Å². The number of amides is 2. The van der Waals surface area contributed by atoms with Gasteiger partial charge in [0, 0.05) is 18.4 Å². The van der Waals surface area contributed by atoms with Gasteiger partial charge in [-0.3, -0.25) is 9.59 Å². The molecule has 0 aromatic rings. The number of nitrogens with one attached hydrogen (secondary N) is 2. The number of thioether (sulfide) groups is 1. The Labute approximate surface area is 204 Å². The van der Waals surface area contributed by atoms with E-state index in [4.69, 9.17) is 0 Å². The second-order valence-corrected chi connectivity index (χ2v) is 10.4. The summed E-state index contributed by atoms with van der Waals surface area (Å²) >= 11 is 1.47. The molecule has 7 heteroatoms. The highest BCUT2D eigenvalue weighted by Gasteiger charge is 2.26. The van der Waals surface area contributed by atoms with Crippen LogP contribution in [0, 0.1) is 5.92 Å². The number of rotatable bonds is 16. The van der Waals surface area contributed by atoms with Crippen molar-refractivity contribution in [2.24, 2.45) is 5.92 Å². The second kappa shape index (κ2) is 17.5. The van der Waals surface area contributed by atoms with Gasteiger partial charge in [-0.15, -0.1) is 0 Å². The Hall–Kier alpha value is -2.02. The molecule has 6 nitrogen and oxygen atoms in total. The van der Waals surface area contributed by atoms with Crippen LogP contribution >= 0.6 is 11.8 Å². The average molecular weight is 481 g/mol. The van der Waals surface area contributed by atoms with Gasteiger partial charge in [-0.25, -0.2) is 4.79 Å². The maximum absolute atomic E-state index is 12.5. The average Bonchev–Trinajstić information content (AvgIpc) is 2.68. The van der Waals surface area contributed by atoms with E-state index in [0.29, 0.717) is 12.2 Å². The fraction of sp³-hybridized carbons (Fsp3) is 0.654. The van der Waals surface area contributed by atoms with Crippen LogP contribution in [0.5, 0.6) is 0 Å². The first kappa shape index (κ1) is 31.0. The lowest BCUT2D eigenvalue weighted by molar-refractivity contribution is -0.141. The number of hydrogen-bond acceptors (Lipinski definition) is 4. The van der Waals surface area contributed by atoms with Crippen LogP contribution in [0.1, 0.15) is 80.6 Å². The molecule has 0 aromatic carbocycles. The second-order valence-electron chi connectivity index (χ2n) is 9.28. The molecular formula is C26H44N2O4S. The van der Waals surface area contributed by atoms with Gasteiger partial charge in [-0.1, -0.05) is 48.8 Å².